The molecule has 0 spiro atoms. The molecule has 0 bridgehead atoms. The summed E-state index contributed by atoms with van der Waals surface area (Å²) in [6.07, 6.45) is 1.85. The Morgan fingerprint density at radius 2 is 1.90 bits per heavy atom. The monoisotopic (exact) mass is 413 g/mol. The molecule has 1 N–H and O–H groups in total. The number of pyridine rings is 1. The van der Waals surface area contributed by atoms with E-state index in [1.807, 2.05) is 24.3 Å². The average Bonchev–Trinajstić information content (AvgIpc) is 3.11. The Kier molecular flexibility index (Phi) is 5.69. The van der Waals surface area contributed by atoms with Crippen molar-refractivity contribution in [2.45, 2.75) is 6.42 Å². The van der Waals surface area contributed by atoms with Crippen LogP contribution in [-0.4, -0.2) is 61.5 Å². The van der Waals surface area contributed by atoms with Crippen molar-refractivity contribution in [3.8, 4) is 0 Å². The number of amides is 2. The Labute approximate surface area is 175 Å². The van der Waals surface area contributed by atoms with Crippen LogP contribution in [0.5, 0.6) is 0 Å². The van der Waals surface area contributed by atoms with Gasteiger partial charge in [0.1, 0.15) is 5.82 Å². The van der Waals surface area contributed by atoms with Gasteiger partial charge in [-0.25, -0.2) is 4.98 Å². The van der Waals surface area contributed by atoms with Gasteiger partial charge < -0.3 is 20.0 Å². The minimum absolute atomic E-state index is 0.0956. The molecule has 1 aromatic carbocycles. The number of hydrogen-bond acceptors (Lipinski definition) is 5. The maximum atomic E-state index is 12.7. The number of carbonyl (C=O) groups is 2. The van der Waals surface area contributed by atoms with Crippen LogP contribution in [0.25, 0.3) is 0 Å². The van der Waals surface area contributed by atoms with Gasteiger partial charge in [-0.15, -0.1) is 0 Å². The van der Waals surface area contributed by atoms with Crippen LogP contribution in [-0.2, 0) is 9.59 Å². The zero-order chi connectivity index (χ0) is 20.4. The van der Waals surface area contributed by atoms with E-state index in [-0.39, 0.29) is 18.2 Å². The molecular weight excluding hydrogens is 390 g/mol. The maximum Gasteiger partial charge on any atom is 0.229 e. The van der Waals surface area contributed by atoms with Crippen LogP contribution in [0.4, 0.5) is 17.2 Å². The Balaban J connectivity index is 1.37. The highest BCUT2D eigenvalue weighted by molar-refractivity contribution is 6.33. The summed E-state index contributed by atoms with van der Waals surface area (Å²) in [5, 5.41) is 3.39. The fourth-order valence-electron chi connectivity index (χ4n) is 3.71. The van der Waals surface area contributed by atoms with E-state index in [2.05, 4.69) is 27.1 Å². The number of nitrogens with one attached hydrogen (secondary N) is 1. The number of halogens is 1. The van der Waals surface area contributed by atoms with Gasteiger partial charge in [-0.3, -0.25) is 9.59 Å². The van der Waals surface area contributed by atoms with Gasteiger partial charge in [0.15, 0.2) is 0 Å². The summed E-state index contributed by atoms with van der Waals surface area (Å²) in [5.74, 6) is 0.219. The lowest BCUT2D eigenvalue weighted by molar-refractivity contribution is -0.122. The second kappa shape index (κ2) is 8.39. The SMILES string of the molecule is CN1CCN(c2ccc(NC(=O)C3CC(=O)N(c4ccccc4Cl)C3)cn2)CC1. The maximum absolute atomic E-state index is 12.7. The summed E-state index contributed by atoms with van der Waals surface area (Å²) >= 11 is 6.20. The van der Waals surface area contributed by atoms with Gasteiger partial charge in [0.25, 0.3) is 0 Å². The molecule has 2 fully saturated rings. The van der Waals surface area contributed by atoms with Crippen LogP contribution in [0.15, 0.2) is 42.6 Å². The largest absolute Gasteiger partial charge is 0.354 e. The zero-order valence-electron chi connectivity index (χ0n) is 16.3. The van der Waals surface area contributed by atoms with Gasteiger partial charge in [-0.05, 0) is 31.3 Å². The van der Waals surface area contributed by atoms with E-state index in [1.165, 1.54) is 0 Å². The Hall–Kier alpha value is -2.64. The predicted molar refractivity (Wildman–Crippen MR) is 114 cm³/mol. The summed E-state index contributed by atoms with van der Waals surface area (Å²) in [6, 6.07) is 11.0. The zero-order valence-corrected chi connectivity index (χ0v) is 17.1. The van der Waals surface area contributed by atoms with Crippen molar-refractivity contribution in [3.05, 3.63) is 47.6 Å². The van der Waals surface area contributed by atoms with Crippen molar-refractivity contribution >= 4 is 40.6 Å². The molecule has 29 heavy (non-hydrogen) atoms. The average molecular weight is 414 g/mol. The molecule has 0 radical (unpaired) electrons. The summed E-state index contributed by atoms with van der Waals surface area (Å²) in [7, 11) is 2.12. The first-order valence-electron chi connectivity index (χ1n) is 9.76. The lowest BCUT2D eigenvalue weighted by Gasteiger charge is -2.33. The molecule has 2 saturated heterocycles. The molecule has 3 heterocycles. The second-order valence-corrected chi connectivity index (χ2v) is 7.95. The van der Waals surface area contributed by atoms with Gasteiger partial charge in [0.05, 0.1) is 28.5 Å². The lowest BCUT2D eigenvalue weighted by atomic mass is 10.1. The number of para-hydroxylation sites is 1. The number of carbonyl (C=O) groups excluding carboxylic acids is 2. The standard InChI is InChI=1S/C21H24ClN5O2/c1-25-8-10-26(11-9-25)19-7-6-16(13-23-19)24-21(29)15-12-20(28)27(14-15)18-5-3-2-4-17(18)22/h2-7,13,15H,8-12,14H2,1H3,(H,24,29). The highest BCUT2D eigenvalue weighted by Gasteiger charge is 2.35. The normalized spacial score (nSPS) is 20.2. The van der Waals surface area contributed by atoms with Gasteiger partial charge in [-0.2, -0.15) is 0 Å². The van der Waals surface area contributed by atoms with E-state index in [0.29, 0.717) is 22.9 Å². The van der Waals surface area contributed by atoms with Crippen molar-refractivity contribution in [3.63, 3.8) is 0 Å². The number of hydrogen-bond donors (Lipinski definition) is 1. The Morgan fingerprint density at radius 3 is 2.59 bits per heavy atom. The molecule has 0 aliphatic carbocycles. The smallest absolute Gasteiger partial charge is 0.229 e. The molecular formula is C21H24ClN5O2. The first-order valence-corrected chi connectivity index (χ1v) is 10.1. The third-order valence-corrected chi connectivity index (χ3v) is 5.80. The fourth-order valence-corrected chi connectivity index (χ4v) is 3.95. The minimum atomic E-state index is -0.420. The molecule has 4 rings (SSSR count). The van der Waals surface area contributed by atoms with E-state index in [1.54, 1.807) is 23.2 Å². The highest BCUT2D eigenvalue weighted by Crippen LogP contribution is 2.31. The molecule has 1 aromatic heterocycles. The Bertz CT molecular complexity index is 896. The predicted octanol–water partition coefficient (Wildman–Crippen LogP) is 2.48. The lowest BCUT2D eigenvalue weighted by Crippen LogP contribution is -2.44. The summed E-state index contributed by atoms with van der Waals surface area (Å²) in [5.41, 5.74) is 1.28. The van der Waals surface area contributed by atoms with Crippen molar-refractivity contribution in [2.75, 3.05) is 54.9 Å². The molecule has 1 atom stereocenters. The topological polar surface area (TPSA) is 68.8 Å². The highest BCUT2D eigenvalue weighted by atomic mass is 35.5. The van der Waals surface area contributed by atoms with Crippen LogP contribution in [0.1, 0.15) is 6.42 Å². The van der Waals surface area contributed by atoms with Crippen LogP contribution >= 0.6 is 11.6 Å². The summed E-state index contributed by atoms with van der Waals surface area (Å²) in [6.45, 7) is 4.23. The van der Waals surface area contributed by atoms with Crippen molar-refractivity contribution < 1.29 is 9.59 Å². The van der Waals surface area contributed by atoms with Gasteiger partial charge in [0.2, 0.25) is 11.8 Å². The van der Waals surface area contributed by atoms with E-state index in [0.717, 1.165) is 32.0 Å². The summed E-state index contributed by atoms with van der Waals surface area (Å²) in [4.78, 5) is 35.7. The molecule has 2 aliphatic rings. The van der Waals surface area contributed by atoms with E-state index in [9.17, 15) is 9.59 Å². The van der Waals surface area contributed by atoms with Crippen LogP contribution < -0.4 is 15.1 Å². The Morgan fingerprint density at radius 1 is 1.14 bits per heavy atom. The van der Waals surface area contributed by atoms with Crippen molar-refractivity contribution in [2.24, 2.45) is 5.92 Å². The fraction of sp³-hybridized carbons (Fsp3) is 0.381. The molecule has 2 aliphatic heterocycles. The van der Waals surface area contributed by atoms with Gasteiger partial charge >= 0.3 is 0 Å². The van der Waals surface area contributed by atoms with Gasteiger partial charge in [0, 0.05) is 39.1 Å². The molecule has 8 heteroatoms. The molecule has 152 valence electrons. The number of piperazine rings is 1. The first kappa shape index (κ1) is 19.7. The van der Waals surface area contributed by atoms with E-state index >= 15 is 0 Å². The quantitative estimate of drug-likeness (QED) is 0.834. The van der Waals surface area contributed by atoms with E-state index in [4.69, 9.17) is 11.6 Å². The van der Waals surface area contributed by atoms with Crippen LogP contribution in [0.2, 0.25) is 5.02 Å². The number of nitrogens with zero attached hydrogens (tertiary/aromatic N) is 4. The number of aromatic nitrogens is 1. The molecule has 1 unspecified atom stereocenters. The number of benzene rings is 1. The molecule has 7 nitrogen and oxygen atoms in total. The second-order valence-electron chi connectivity index (χ2n) is 7.54. The minimum Gasteiger partial charge on any atom is -0.354 e. The molecule has 2 aromatic rings. The van der Waals surface area contributed by atoms with Crippen molar-refractivity contribution in [1.82, 2.24) is 9.88 Å². The number of anilines is 3. The van der Waals surface area contributed by atoms with Crippen LogP contribution in [0, 0.1) is 5.92 Å². The van der Waals surface area contributed by atoms with Gasteiger partial charge in [-0.1, -0.05) is 23.7 Å². The third kappa shape index (κ3) is 4.36. The van der Waals surface area contributed by atoms with Crippen molar-refractivity contribution in [1.29, 1.82) is 0 Å². The third-order valence-electron chi connectivity index (χ3n) is 5.48. The number of likely N-dealkylation sites (N-methyl/N-ethyl adjacent to an activating group) is 1. The van der Waals surface area contributed by atoms with Crippen LogP contribution in [0.3, 0.4) is 0 Å². The molecule has 0 saturated carbocycles. The number of rotatable bonds is 4. The summed E-state index contributed by atoms with van der Waals surface area (Å²) < 4.78 is 0. The first-order chi connectivity index (χ1) is 14.0. The van der Waals surface area contributed by atoms with E-state index < -0.39 is 5.92 Å². The molecule has 2 amide bonds.